The average molecular weight is 246 g/mol. The number of benzene rings is 1. The molecule has 1 aromatic carbocycles. The van der Waals surface area contributed by atoms with Gasteiger partial charge in [-0.25, -0.2) is 0 Å². The molecule has 3 heteroatoms. The molecular formula is C15H22N2O. The lowest BCUT2D eigenvalue weighted by Gasteiger charge is -2.25. The highest BCUT2D eigenvalue weighted by molar-refractivity contribution is 5.61. The van der Waals surface area contributed by atoms with Crippen molar-refractivity contribution < 1.29 is 4.74 Å². The van der Waals surface area contributed by atoms with Crippen LogP contribution < -0.4 is 15.4 Å². The summed E-state index contributed by atoms with van der Waals surface area (Å²) in [4.78, 5) is 0. The van der Waals surface area contributed by atoms with Gasteiger partial charge < -0.3 is 15.4 Å². The van der Waals surface area contributed by atoms with Crippen molar-refractivity contribution in [3.63, 3.8) is 0 Å². The van der Waals surface area contributed by atoms with Crippen molar-refractivity contribution in [2.75, 3.05) is 18.5 Å². The number of para-hydroxylation sites is 1. The Morgan fingerprint density at radius 2 is 2.11 bits per heavy atom. The standard InChI is InChI=1S/C15H22N2O/c1-2-6-13(7-3-1)17-11-12-5-4-8-14-15(12)18-10-9-16-14/h4-5,8,13,16-17H,1-3,6-7,9-11H2. The summed E-state index contributed by atoms with van der Waals surface area (Å²) in [6.45, 7) is 2.61. The SMILES string of the molecule is c1cc(CNC2CCCCC2)c2c(c1)NCCO2. The van der Waals surface area contributed by atoms with Gasteiger partial charge >= 0.3 is 0 Å². The molecule has 3 nitrogen and oxygen atoms in total. The average Bonchev–Trinajstić information content (AvgIpc) is 2.46. The Bertz CT molecular complexity index is 399. The van der Waals surface area contributed by atoms with Gasteiger partial charge in [0.25, 0.3) is 0 Å². The van der Waals surface area contributed by atoms with Crippen LogP contribution in [0, 0.1) is 0 Å². The van der Waals surface area contributed by atoms with E-state index in [4.69, 9.17) is 4.74 Å². The zero-order valence-electron chi connectivity index (χ0n) is 10.9. The highest BCUT2D eigenvalue weighted by atomic mass is 16.5. The monoisotopic (exact) mass is 246 g/mol. The van der Waals surface area contributed by atoms with Crippen LogP contribution in [0.1, 0.15) is 37.7 Å². The van der Waals surface area contributed by atoms with Gasteiger partial charge in [0.05, 0.1) is 5.69 Å². The van der Waals surface area contributed by atoms with E-state index in [1.54, 1.807) is 0 Å². The van der Waals surface area contributed by atoms with E-state index in [0.29, 0.717) is 6.04 Å². The van der Waals surface area contributed by atoms with Crippen LogP contribution >= 0.6 is 0 Å². The van der Waals surface area contributed by atoms with E-state index < -0.39 is 0 Å². The number of hydrogen-bond acceptors (Lipinski definition) is 3. The molecule has 2 N–H and O–H groups in total. The molecule has 98 valence electrons. The van der Waals surface area contributed by atoms with Crippen molar-refractivity contribution in [2.45, 2.75) is 44.7 Å². The van der Waals surface area contributed by atoms with Gasteiger partial charge in [0.1, 0.15) is 12.4 Å². The fourth-order valence-corrected chi connectivity index (χ4v) is 2.93. The molecule has 0 amide bonds. The van der Waals surface area contributed by atoms with Gasteiger partial charge in [-0.3, -0.25) is 0 Å². The molecule has 1 fully saturated rings. The predicted octanol–water partition coefficient (Wildman–Crippen LogP) is 2.91. The first kappa shape index (κ1) is 11.8. The van der Waals surface area contributed by atoms with E-state index in [9.17, 15) is 0 Å². The van der Waals surface area contributed by atoms with E-state index in [0.717, 1.165) is 31.1 Å². The highest BCUT2D eigenvalue weighted by Gasteiger charge is 2.16. The number of rotatable bonds is 3. The van der Waals surface area contributed by atoms with Crippen LogP contribution in [-0.4, -0.2) is 19.2 Å². The first-order valence-corrected chi connectivity index (χ1v) is 7.15. The lowest BCUT2D eigenvalue weighted by molar-refractivity contribution is 0.315. The van der Waals surface area contributed by atoms with Gasteiger partial charge in [0, 0.05) is 24.7 Å². The molecule has 1 aliphatic carbocycles. The lowest BCUT2D eigenvalue weighted by Crippen LogP contribution is -2.31. The minimum Gasteiger partial charge on any atom is -0.489 e. The third-order valence-corrected chi connectivity index (χ3v) is 3.95. The van der Waals surface area contributed by atoms with Crippen LogP contribution in [0.2, 0.25) is 0 Å². The van der Waals surface area contributed by atoms with Crippen LogP contribution in [0.15, 0.2) is 18.2 Å². The summed E-state index contributed by atoms with van der Waals surface area (Å²) in [5, 5.41) is 7.07. The van der Waals surface area contributed by atoms with Crippen molar-refractivity contribution in [3.05, 3.63) is 23.8 Å². The van der Waals surface area contributed by atoms with Crippen LogP contribution in [-0.2, 0) is 6.54 Å². The largest absolute Gasteiger partial charge is 0.489 e. The summed E-state index contributed by atoms with van der Waals surface area (Å²) in [6.07, 6.45) is 6.82. The van der Waals surface area contributed by atoms with Crippen molar-refractivity contribution in [1.29, 1.82) is 0 Å². The summed E-state index contributed by atoms with van der Waals surface area (Å²) in [5.74, 6) is 1.05. The first-order chi connectivity index (χ1) is 8.93. The number of ether oxygens (including phenoxy) is 1. The molecule has 0 spiro atoms. The maximum Gasteiger partial charge on any atom is 0.146 e. The maximum absolute atomic E-state index is 5.79. The van der Waals surface area contributed by atoms with Crippen molar-refractivity contribution in [2.24, 2.45) is 0 Å². The predicted molar refractivity (Wildman–Crippen MR) is 74.1 cm³/mol. The highest BCUT2D eigenvalue weighted by Crippen LogP contribution is 2.31. The van der Waals surface area contributed by atoms with Gasteiger partial charge in [-0.05, 0) is 18.9 Å². The molecule has 18 heavy (non-hydrogen) atoms. The Hall–Kier alpha value is -1.22. The molecule has 1 saturated carbocycles. The van der Waals surface area contributed by atoms with Crippen LogP contribution in [0.3, 0.4) is 0 Å². The molecule has 2 aliphatic rings. The second-order valence-corrected chi connectivity index (χ2v) is 5.28. The van der Waals surface area contributed by atoms with Crippen molar-refractivity contribution in [1.82, 2.24) is 5.32 Å². The quantitative estimate of drug-likeness (QED) is 0.860. The Morgan fingerprint density at radius 1 is 1.22 bits per heavy atom. The van der Waals surface area contributed by atoms with Gasteiger partial charge in [-0.15, -0.1) is 0 Å². The molecule has 0 bridgehead atoms. The number of fused-ring (bicyclic) bond motifs is 1. The van der Waals surface area contributed by atoms with Gasteiger partial charge in [-0.2, -0.15) is 0 Å². The Kier molecular flexibility index (Phi) is 3.69. The van der Waals surface area contributed by atoms with E-state index in [1.807, 2.05) is 0 Å². The van der Waals surface area contributed by atoms with Crippen LogP contribution in [0.5, 0.6) is 5.75 Å². The second-order valence-electron chi connectivity index (χ2n) is 5.28. The fourth-order valence-electron chi connectivity index (χ4n) is 2.93. The molecule has 3 rings (SSSR count). The minimum absolute atomic E-state index is 0.700. The summed E-state index contributed by atoms with van der Waals surface area (Å²) < 4.78 is 5.79. The van der Waals surface area contributed by atoms with Crippen LogP contribution in [0.25, 0.3) is 0 Å². The normalized spacial score (nSPS) is 19.8. The summed E-state index contributed by atoms with van der Waals surface area (Å²) >= 11 is 0. The lowest BCUT2D eigenvalue weighted by atomic mass is 9.95. The zero-order chi connectivity index (χ0) is 12.2. The fraction of sp³-hybridized carbons (Fsp3) is 0.600. The van der Waals surface area contributed by atoms with Crippen molar-refractivity contribution >= 4 is 5.69 Å². The molecule has 0 aromatic heterocycles. The van der Waals surface area contributed by atoms with E-state index in [2.05, 4.69) is 28.8 Å². The van der Waals surface area contributed by atoms with E-state index >= 15 is 0 Å². The first-order valence-electron chi connectivity index (χ1n) is 7.15. The molecule has 1 aromatic rings. The molecule has 1 aliphatic heterocycles. The summed E-state index contributed by atoms with van der Waals surface area (Å²) in [5.41, 5.74) is 2.43. The second kappa shape index (κ2) is 5.61. The van der Waals surface area contributed by atoms with E-state index in [1.165, 1.54) is 37.7 Å². The third kappa shape index (κ3) is 2.61. The number of hydrogen-bond donors (Lipinski definition) is 2. The van der Waals surface area contributed by atoms with Crippen molar-refractivity contribution in [3.8, 4) is 5.75 Å². The smallest absolute Gasteiger partial charge is 0.146 e. The topological polar surface area (TPSA) is 33.3 Å². The van der Waals surface area contributed by atoms with E-state index in [-0.39, 0.29) is 0 Å². The van der Waals surface area contributed by atoms with Gasteiger partial charge in [0.15, 0.2) is 0 Å². The summed E-state index contributed by atoms with van der Waals surface area (Å²) in [6, 6.07) is 7.07. The zero-order valence-corrected chi connectivity index (χ0v) is 10.9. The summed E-state index contributed by atoms with van der Waals surface area (Å²) in [7, 11) is 0. The molecule has 1 heterocycles. The Balaban J connectivity index is 1.65. The Labute approximate surface area is 109 Å². The third-order valence-electron chi connectivity index (χ3n) is 3.95. The maximum atomic E-state index is 5.79. The Morgan fingerprint density at radius 3 is 3.00 bits per heavy atom. The van der Waals surface area contributed by atoms with Crippen LogP contribution in [0.4, 0.5) is 5.69 Å². The molecule has 0 saturated heterocycles. The van der Waals surface area contributed by atoms with Gasteiger partial charge in [0.2, 0.25) is 0 Å². The number of anilines is 1. The minimum atomic E-state index is 0.700. The molecule has 0 radical (unpaired) electrons. The van der Waals surface area contributed by atoms with Gasteiger partial charge in [-0.1, -0.05) is 31.4 Å². The molecule has 0 unspecified atom stereocenters. The number of nitrogens with one attached hydrogen (secondary N) is 2. The molecule has 0 atom stereocenters. The molecular weight excluding hydrogens is 224 g/mol.